The summed E-state index contributed by atoms with van der Waals surface area (Å²) < 4.78 is 5.74. The topological polar surface area (TPSA) is 47.0 Å². The molecule has 1 aromatic heterocycles. The molecule has 2 rings (SSSR count). The molecule has 0 unspecified atom stereocenters. The first kappa shape index (κ1) is 12.4. The van der Waals surface area contributed by atoms with E-state index < -0.39 is 0 Å². The first-order valence-electron chi connectivity index (χ1n) is 6.01. The largest absolute Gasteiger partial charge is 0.439 e. The number of hydrogen-bond acceptors (Lipinski definition) is 4. The maximum Gasteiger partial charge on any atom is 0.226 e. The van der Waals surface area contributed by atoms with Crippen LogP contribution in [0.4, 0.5) is 5.95 Å². The molecule has 0 saturated heterocycles. The number of ether oxygens (including phenoxy) is 1. The van der Waals surface area contributed by atoms with Crippen molar-refractivity contribution in [3.05, 3.63) is 41.6 Å². The molecule has 0 fully saturated rings. The molecule has 0 aliphatic heterocycles. The Kier molecular flexibility index (Phi) is 3.77. The third kappa shape index (κ3) is 3.20. The van der Waals surface area contributed by atoms with Crippen LogP contribution in [0, 0.1) is 13.8 Å². The first-order chi connectivity index (χ1) is 8.67. The van der Waals surface area contributed by atoms with Gasteiger partial charge in [0.05, 0.1) is 0 Å². The Morgan fingerprint density at radius 1 is 1.17 bits per heavy atom. The molecule has 1 heterocycles. The van der Waals surface area contributed by atoms with Crippen molar-refractivity contribution in [3.63, 3.8) is 0 Å². The van der Waals surface area contributed by atoms with Gasteiger partial charge in [-0.05, 0) is 38.5 Å². The Labute approximate surface area is 107 Å². The lowest BCUT2D eigenvalue weighted by Crippen LogP contribution is -2.03. The summed E-state index contributed by atoms with van der Waals surface area (Å²) in [6.45, 7) is 6.74. The smallest absolute Gasteiger partial charge is 0.226 e. The van der Waals surface area contributed by atoms with Gasteiger partial charge in [0.15, 0.2) is 0 Å². The average Bonchev–Trinajstić information content (AvgIpc) is 2.28. The molecule has 1 aromatic carbocycles. The molecule has 1 N–H and O–H groups in total. The van der Waals surface area contributed by atoms with Gasteiger partial charge in [0.25, 0.3) is 0 Å². The Bertz CT molecular complexity index is 540. The molecule has 0 saturated carbocycles. The van der Waals surface area contributed by atoms with Gasteiger partial charge in [0.1, 0.15) is 5.75 Å². The summed E-state index contributed by atoms with van der Waals surface area (Å²) in [6.07, 6.45) is 0. The summed E-state index contributed by atoms with van der Waals surface area (Å²) in [4.78, 5) is 8.58. The number of nitrogens with one attached hydrogen (secondary N) is 1. The van der Waals surface area contributed by atoms with E-state index in [4.69, 9.17) is 4.74 Å². The van der Waals surface area contributed by atoms with Gasteiger partial charge >= 0.3 is 0 Å². The second-order valence-electron chi connectivity index (χ2n) is 4.12. The number of anilines is 1. The van der Waals surface area contributed by atoms with Crippen LogP contribution in [-0.2, 0) is 0 Å². The van der Waals surface area contributed by atoms with E-state index >= 15 is 0 Å². The number of aromatic nitrogens is 2. The van der Waals surface area contributed by atoms with Crippen molar-refractivity contribution >= 4 is 5.95 Å². The fourth-order valence-corrected chi connectivity index (χ4v) is 1.63. The minimum Gasteiger partial charge on any atom is -0.439 e. The molecular formula is C14H17N3O. The van der Waals surface area contributed by atoms with Crippen LogP contribution in [0.15, 0.2) is 30.3 Å². The Morgan fingerprint density at radius 2 is 2.00 bits per heavy atom. The quantitative estimate of drug-likeness (QED) is 0.894. The molecule has 94 valence electrons. The highest BCUT2D eigenvalue weighted by atomic mass is 16.5. The average molecular weight is 243 g/mol. The lowest BCUT2D eigenvalue weighted by molar-refractivity contribution is 0.461. The van der Waals surface area contributed by atoms with Crippen LogP contribution in [0.25, 0.3) is 0 Å². The zero-order chi connectivity index (χ0) is 13.0. The molecule has 0 radical (unpaired) electrons. The fraction of sp³-hybridized carbons (Fsp3) is 0.286. The van der Waals surface area contributed by atoms with Gasteiger partial charge < -0.3 is 10.1 Å². The van der Waals surface area contributed by atoms with E-state index in [2.05, 4.69) is 15.3 Å². The van der Waals surface area contributed by atoms with Gasteiger partial charge in [0, 0.05) is 18.3 Å². The third-order valence-corrected chi connectivity index (χ3v) is 2.38. The van der Waals surface area contributed by atoms with Crippen LogP contribution in [0.1, 0.15) is 18.2 Å². The van der Waals surface area contributed by atoms with Crippen molar-refractivity contribution in [3.8, 4) is 11.6 Å². The van der Waals surface area contributed by atoms with E-state index in [1.54, 1.807) is 0 Å². The standard InChI is InChI=1S/C14H17N3O/c1-4-15-14-16-11(3)9-13(17-14)18-12-7-5-6-10(2)8-12/h5-9H,4H2,1-3H3,(H,15,16,17). The summed E-state index contributed by atoms with van der Waals surface area (Å²) in [6, 6.07) is 9.71. The maximum absolute atomic E-state index is 5.74. The Balaban J connectivity index is 2.23. The first-order valence-corrected chi connectivity index (χ1v) is 6.01. The summed E-state index contributed by atoms with van der Waals surface area (Å²) in [5.41, 5.74) is 2.04. The number of nitrogens with zero attached hydrogens (tertiary/aromatic N) is 2. The van der Waals surface area contributed by atoms with E-state index in [0.29, 0.717) is 11.8 Å². The molecule has 0 atom stereocenters. The molecule has 4 nitrogen and oxygen atoms in total. The zero-order valence-electron chi connectivity index (χ0n) is 10.9. The molecule has 0 aliphatic rings. The molecule has 0 amide bonds. The second-order valence-corrected chi connectivity index (χ2v) is 4.12. The normalized spacial score (nSPS) is 10.2. The zero-order valence-corrected chi connectivity index (χ0v) is 10.9. The highest BCUT2D eigenvalue weighted by Crippen LogP contribution is 2.21. The monoisotopic (exact) mass is 243 g/mol. The summed E-state index contributed by atoms with van der Waals surface area (Å²) >= 11 is 0. The van der Waals surface area contributed by atoms with E-state index in [9.17, 15) is 0 Å². The van der Waals surface area contributed by atoms with Crippen LogP contribution in [-0.4, -0.2) is 16.5 Å². The predicted molar refractivity (Wildman–Crippen MR) is 72.2 cm³/mol. The molecule has 4 heteroatoms. The number of rotatable bonds is 4. The lowest BCUT2D eigenvalue weighted by atomic mass is 10.2. The SMILES string of the molecule is CCNc1nc(C)cc(Oc2cccc(C)c2)n1. The van der Waals surface area contributed by atoms with Crippen LogP contribution < -0.4 is 10.1 Å². The van der Waals surface area contributed by atoms with Crippen LogP contribution >= 0.6 is 0 Å². The lowest BCUT2D eigenvalue weighted by Gasteiger charge is -2.08. The van der Waals surface area contributed by atoms with Crippen molar-refractivity contribution < 1.29 is 4.74 Å². The van der Waals surface area contributed by atoms with Gasteiger partial charge in [-0.25, -0.2) is 4.98 Å². The van der Waals surface area contributed by atoms with E-state index in [0.717, 1.165) is 23.6 Å². The van der Waals surface area contributed by atoms with Crippen LogP contribution in [0.2, 0.25) is 0 Å². The van der Waals surface area contributed by atoms with Crippen molar-refractivity contribution in [2.45, 2.75) is 20.8 Å². The molecular weight excluding hydrogens is 226 g/mol. The van der Waals surface area contributed by atoms with E-state index in [1.165, 1.54) is 0 Å². The summed E-state index contributed by atoms with van der Waals surface area (Å²) in [7, 11) is 0. The van der Waals surface area contributed by atoms with Gasteiger partial charge in [-0.15, -0.1) is 0 Å². The minimum atomic E-state index is 0.559. The predicted octanol–water partition coefficient (Wildman–Crippen LogP) is 3.32. The van der Waals surface area contributed by atoms with Gasteiger partial charge in [-0.3, -0.25) is 0 Å². The summed E-state index contributed by atoms with van der Waals surface area (Å²) in [5, 5.41) is 3.08. The maximum atomic E-state index is 5.74. The number of hydrogen-bond donors (Lipinski definition) is 1. The molecule has 0 bridgehead atoms. The number of aryl methyl sites for hydroxylation is 2. The fourth-order valence-electron chi connectivity index (χ4n) is 1.63. The van der Waals surface area contributed by atoms with Gasteiger partial charge in [0.2, 0.25) is 11.8 Å². The molecule has 18 heavy (non-hydrogen) atoms. The van der Waals surface area contributed by atoms with E-state index in [-0.39, 0.29) is 0 Å². The molecule has 2 aromatic rings. The second kappa shape index (κ2) is 5.49. The van der Waals surface area contributed by atoms with Crippen molar-refractivity contribution in [1.29, 1.82) is 0 Å². The van der Waals surface area contributed by atoms with Crippen molar-refractivity contribution in [2.75, 3.05) is 11.9 Å². The molecule has 0 spiro atoms. The van der Waals surface area contributed by atoms with Gasteiger partial charge in [-0.2, -0.15) is 4.98 Å². The van der Waals surface area contributed by atoms with Gasteiger partial charge in [-0.1, -0.05) is 12.1 Å². The van der Waals surface area contributed by atoms with Crippen molar-refractivity contribution in [2.24, 2.45) is 0 Å². The summed E-state index contributed by atoms with van der Waals surface area (Å²) in [5.74, 6) is 1.94. The highest BCUT2D eigenvalue weighted by Gasteiger charge is 2.03. The number of benzene rings is 1. The van der Waals surface area contributed by atoms with Crippen LogP contribution in [0.5, 0.6) is 11.6 Å². The molecule has 0 aliphatic carbocycles. The highest BCUT2D eigenvalue weighted by molar-refractivity contribution is 5.35. The van der Waals surface area contributed by atoms with Crippen LogP contribution in [0.3, 0.4) is 0 Å². The van der Waals surface area contributed by atoms with E-state index in [1.807, 2.05) is 51.1 Å². The Hall–Kier alpha value is -2.10. The third-order valence-electron chi connectivity index (χ3n) is 2.38. The van der Waals surface area contributed by atoms with Crippen molar-refractivity contribution in [1.82, 2.24) is 9.97 Å². The minimum absolute atomic E-state index is 0.559. The Morgan fingerprint density at radius 3 is 2.72 bits per heavy atom.